The summed E-state index contributed by atoms with van der Waals surface area (Å²) in [5.74, 6) is 0. The van der Waals surface area contributed by atoms with Gasteiger partial charge in [-0.25, -0.2) is 0 Å². The number of aliphatic hydroxyl groups excluding tert-OH is 1. The van der Waals surface area contributed by atoms with E-state index in [2.05, 4.69) is 15.5 Å². The number of nitrogens with zero attached hydrogens (tertiary/aromatic N) is 3. The molecule has 0 radical (unpaired) electrons. The molecule has 32 heavy (non-hydrogen) atoms. The maximum Gasteiger partial charge on any atom is 0.0798 e. The molecule has 0 fully saturated rings. The molecule has 2 heterocycles. The van der Waals surface area contributed by atoms with Crippen molar-refractivity contribution in [2.75, 3.05) is 17.7 Å². The molecule has 7 nitrogen and oxygen atoms in total. The van der Waals surface area contributed by atoms with E-state index in [4.69, 9.17) is 16.1 Å². The van der Waals surface area contributed by atoms with E-state index < -0.39 is 0 Å². The van der Waals surface area contributed by atoms with E-state index >= 15 is 0 Å². The summed E-state index contributed by atoms with van der Waals surface area (Å²) in [6, 6.07) is 19.0. The van der Waals surface area contributed by atoms with Gasteiger partial charge >= 0.3 is 0 Å². The van der Waals surface area contributed by atoms with Crippen LogP contribution in [0.2, 0.25) is 0 Å². The molecule has 7 heteroatoms. The van der Waals surface area contributed by atoms with Gasteiger partial charge in [-0.15, -0.1) is 0 Å². The Balaban J connectivity index is 1.81. The monoisotopic (exact) mass is 424 g/mol. The fourth-order valence-electron chi connectivity index (χ4n) is 3.59. The van der Waals surface area contributed by atoms with Crippen LogP contribution in [0.25, 0.3) is 22.4 Å². The highest BCUT2D eigenvalue weighted by atomic mass is 16.3. The van der Waals surface area contributed by atoms with Gasteiger partial charge in [0.25, 0.3) is 0 Å². The summed E-state index contributed by atoms with van der Waals surface area (Å²) < 4.78 is 0. The van der Waals surface area contributed by atoms with Crippen molar-refractivity contribution < 1.29 is 5.11 Å². The van der Waals surface area contributed by atoms with Crippen LogP contribution in [-0.2, 0) is 0 Å². The molecule has 5 N–H and O–H groups in total. The van der Waals surface area contributed by atoms with Gasteiger partial charge in [-0.2, -0.15) is 10.2 Å². The van der Waals surface area contributed by atoms with E-state index in [-0.39, 0.29) is 12.6 Å². The fourth-order valence-corrected chi connectivity index (χ4v) is 3.59. The van der Waals surface area contributed by atoms with E-state index in [1.165, 1.54) is 0 Å². The number of anilines is 2. The molecule has 4 rings (SSSR count). The lowest BCUT2D eigenvalue weighted by Crippen LogP contribution is -2.15. The highest BCUT2D eigenvalue weighted by Gasteiger charge is 2.15. The zero-order valence-corrected chi connectivity index (χ0v) is 17.7. The van der Waals surface area contributed by atoms with Gasteiger partial charge in [0.2, 0.25) is 0 Å². The molecule has 0 amide bonds. The van der Waals surface area contributed by atoms with Gasteiger partial charge in [0, 0.05) is 28.1 Å². The Morgan fingerprint density at radius 2 is 1.84 bits per heavy atom. The average Bonchev–Trinajstić information content (AvgIpc) is 2.83. The summed E-state index contributed by atoms with van der Waals surface area (Å²) in [7, 11) is 0. The van der Waals surface area contributed by atoms with Gasteiger partial charge in [0.15, 0.2) is 0 Å². The van der Waals surface area contributed by atoms with E-state index in [9.17, 15) is 5.11 Å². The van der Waals surface area contributed by atoms with Crippen molar-refractivity contribution in [3.8, 4) is 22.4 Å². The van der Waals surface area contributed by atoms with Gasteiger partial charge < -0.3 is 21.6 Å². The number of hydrogen-bond acceptors (Lipinski definition) is 7. The summed E-state index contributed by atoms with van der Waals surface area (Å²) in [6.45, 7) is 1.65. The smallest absolute Gasteiger partial charge is 0.0798 e. The lowest BCUT2D eigenvalue weighted by atomic mass is 9.96. The summed E-state index contributed by atoms with van der Waals surface area (Å²) in [5, 5.41) is 29.2. The van der Waals surface area contributed by atoms with Crippen LogP contribution in [0.1, 0.15) is 24.1 Å². The van der Waals surface area contributed by atoms with Crippen LogP contribution in [0.5, 0.6) is 0 Å². The first-order chi connectivity index (χ1) is 15.6. The van der Waals surface area contributed by atoms with Crippen LogP contribution in [0.3, 0.4) is 0 Å². The number of nitrogen functional groups attached to an aromatic ring is 1. The number of benzene rings is 2. The zero-order valence-electron chi connectivity index (χ0n) is 17.7. The molecule has 0 saturated carbocycles. The first-order valence-corrected chi connectivity index (χ1v) is 10.2. The second kappa shape index (κ2) is 9.36. The van der Waals surface area contributed by atoms with Gasteiger partial charge in [-0.05, 0) is 42.3 Å². The summed E-state index contributed by atoms with van der Waals surface area (Å²) in [5.41, 5.74) is 12.8. The lowest BCUT2D eigenvalue weighted by Gasteiger charge is -2.19. The molecule has 0 bridgehead atoms. The topological polar surface area (TPSA) is 121 Å². The Kier molecular flexibility index (Phi) is 6.19. The van der Waals surface area contributed by atoms with Crippen LogP contribution in [0.4, 0.5) is 11.4 Å². The van der Waals surface area contributed by atoms with Crippen molar-refractivity contribution >= 4 is 17.1 Å². The normalized spacial score (nSPS) is 11.7. The molecule has 2 aromatic heterocycles. The van der Waals surface area contributed by atoms with Crippen LogP contribution in [-0.4, -0.2) is 32.6 Å². The second-order valence-electron chi connectivity index (χ2n) is 7.47. The molecule has 0 spiro atoms. The molecule has 0 aliphatic heterocycles. The Morgan fingerprint density at radius 1 is 1.03 bits per heavy atom. The Morgan fingerprint density at radius 3 is 2.53 bits per heavy atom. The summed E-state index contributed by atoms with van der Waals surface area (Å²) in [6.07, 6.45) is 5.03. The molecule has 1 atom stereocenters. The third-order valence-electron chi connectivity index (χ3n) is 5.24. The third kappa shape index (κ3) is 4.48. The summed E-state index contributed by atoms with van der Waals surface area (Å²) in [4.78, 5) is 4.71. The highest BCUT2D eigenvalue weighted by Crippen LogP contribution is 2.34. The van der Waals surface area contributed by atoms with Gasteiger partial charge in [-0.3, -0.25) is 4.98 Å². The van der Waals surface area contributed by atoms with Crippen molar-refractivity contribution in [1.82, 2.24) is 15.2 Å². The molecular weight excluding hydrogens is 400 g/mol. The number of hydrogen-bond donors (Lipinski definition) is 4. The Labute approximate surface area is 186 Å². The molecule has 0 aliphatic carbocycles. The van der Waals surface area contributed by atoms with Crippen LogP contribution in [0, 0.1) is 5.41 Å². The van der Waals surface area contributed by atoms with Gasteiger partial charge in [-0.1, -0.05) is 36.4 Å². The minimum absolute atomic E-state index is 0.0611. The number of aromatic nitrogens is 3. The van der Waals surface area contributed by atoms with E-state index in [1.807, 2.05) is 54.6 Å². The molecule has 2 aromatic carbocycles. The maximum atomic E-state index is 9.95. The largest absolute Gasteiger partial charge is 0.398 e. The molecule has 4 aromatic rings. The highest BCUT2D eigenvalue weighted by molar-refractivity contribution is 6.02. The Bertz CT molecular complexity index is 1230. The van der Waals surface area contributed by atoms with Crippen molar-refractivity contribution in [1.29, 1.82) is 5.41 Å². The zero-order chi connectivity index (χ0) is 22.5. The standard InChI is InChI=1S/C25H24N6O/c1-16(26)21-11-18(7-8-23(21)27)22-12-20(14-28-25(22)19-9-10-29-30-13-19)31-24(15-32)17-5-3-2-4-6-17/h2-14,24,26,31-32H,15,27H2,1H3. The predicted octanol–water partition coefficient (Wildman–Crippen LogP) is 4.32. The number of nitrogens with two attached hydrogens (primary N) is 1. The number of pyridine rings is 1. The van der Waals surface area contributed by atoms with E-state index in [0.717, 1.165) is 33.6 Å². The van der Waals surface area contributed by atoms with Crippen molar-refractivity contribution in [2.45, 2.75) is 13.0 Å². The van der Waals surface area contributed by atoms with Crippen LogP contribution < -0.4 is 11.1 Å². The number of nitrogens with one attached hydrogen (secondary N) is 2. The third-order valence-corrected chi connectivity index (χ3v) is 5.24. The van der Waals surface area contributed by atoms with Crippen molar-refractivity contribution in [3.63, 3.8) is 0 Å². The molecule has 1 unspecified atom stereocenters. The van der Waals surface area contributed by atoms with E-state index in [1.54, 1.807) is 31.6 Å². The Hall–Kier alpha value is -4.10. The van der Waals surface area contributed by atoms with Crippen molar-refractivity contribution in [3.05, 3.63) is 90.4 Å². The van der Waals surface area contributed by atoms with Gasteiger partial charge in [0.05, 0.1) is 42.6 Å². The minimum Gasteiger partial charge on any atom is -0.398 e. The van der Waals surface area contributed by atoms with Crippen molar-refractivity contribution in [2.24, 2.45) is 0 Å². The number of aliphatic hydroxyl groups is 1. The van der Waals surface area contributed by atoms with Crippen LogP contribution in [0.15, 0.2) is 79.3 Å². The molecule has 0 saturated heterocycles. The first-order valence-electron chi connectivity index (χ1n) is 10.2. The number of rotatable bonds is 7. The van der Waals surface area contributed by atoms with Crippen LogP contribution >= 0.6 is 0 Å². The van der Waals surface area contributed by atoms with Gasteiger partial charge in [0.1, 0.15) is 0 Å². The van der Waals surface area contributed by atoms with E-state index in [0.29, 0.717) is 17.0 Å². The maximum absolute atomic E-state index is 9.95. The second-order valence-corrected chi connectivity index (χ2v) is 7.47. The molecule has 0 aliphatic rings. The lowest BCUT2D eigenvalue weighted by molar-refractivity contribution is 0.276. The molecule has 160 valence electrons. The SMILES string of the molecule is CC(=N)c1cc(-c2cc(NC(CO)c3ccccc3)cnc2-c2ccnnc2)ccc1N. The molecular formula is C25H24N6O. The quantitative estimate of drug-likeness (QED) is 0.259. The summed E-state index contributed by atoms with van der Waals surface area (Å²) >= 11 is 0. The fraction of sp³-hybridized carbons (Fsp3) is 0.120. The predicted molar refractivity (Wildman–Crippen MR) is 128 cm³/mol. The minimum atomic E-state index is -0.273. The first kappa shape index (κ1) is 21.1. The average molecular weight is 425 g/mol.